The van der Waals surface area contributed by atoms with E-state index in [0.717, 1.165) is 66.4 Å². The molecule has 2 aromatic heterocycles. The number of aliphatic imine (C=N–C) groups is 1. The molecule has 0 saturated carbocycles. The van der Waals surface area contributed by atoms with E-state index in [4.69, 9.17) is 28.7 Å². The summed E-state index contributed by atoms with van der Waals surface area (Å²) in [6.45, 7) is 18.3. The summed E-state index contributed by atoms with van der Waals surface area (Å²) in [5, 5.41) is 40.5. The largest absolute Gasteiger partial charge is 0.349 e. The molecule has 15 nitrogen and oxygen atoms in total. The number of fused-ring (bicyclic) bond motifs is 1. The van der Waals surface area contributed by atoms with Crippen LogP contribution >= 0.6 is 62.8 Å². The lowest BCUT2D eigenvalue weighted by Crippen LogP contribution is -2.17. The molecule has 0 aliphatic carbocycles. The maximum atomic E-state index is 13.2. The highest BCUT2D eigenvalue weighted by Crippen LogP contribution is 2.31. The SMILES string of the molecule is C/C(C#N)=C(\Nc1ccc(Br)cc1)SCc1ccc(F)cc1.C/C(C#N)=C(\Nc1ccccc1Cl)SCc1cccc(F)c1.Cc1cccc(Nc2nc3nonc3nc2C)c1.[C-]#[N+]C1=C(C)CC(=O)N=C1SCC(=O)Nc1ccc(C)cc1. The maximum absolute atomic E-state index is 13.2. The minimum Gasteiger partial charge on any atom is -0.349 e. The van der Waals surface area contributed by atoms with Gasteiger partial charge in [0.15, 0.2) is 5.82 Å². The smallest absolute Gasteiger partial charge is 0.248 e. The van der Waals surface area contributed by atoms with E-state index >= 15 is 0 Å². The van der Waals surface area contributed by atoms with Crippen LogP contribution in [0.4, 0.5) is 37.3 Å². The van der Waals surface area contributed by atoms with Gasteiger partial charge in [-0.1, -0.05) is 106 Å². The number of aryl methyl sites for hydroxylation is 3. The van der Waals surface area contributed by atoms with Gasteiger partial charge in [0, 0.05) is 39.5 Å². The third-order valence-electron chi connectivity index (χ3n) is 11.4. The fourth-order valence-corrected chi connectivity index (χ4v) is 10.3. The van der Waals surface area contributed by atoms with E-state index in [1.807, 2.05) is 118 Å². The summed E-state index contributed by atoms with van der Waals surface area (Å²) in [6.07, 6.45) is 0.178. The highest BCUT2D eigenvalue weighted by atomic mass is 79.9. The molecule has 2 amide bonds. The van der Waals surface area contributed by atoms with Gasteiger partial charge in [-0.05, 0) is 147 Å². The monoisotopic (exact) mass is 1260 g/mol. The second-order valence-electron chi connectivity index (χ2n) is 18.2. The molecule has 84 heavy (non-hydrogen) atoms. The minimum atomic E-state index is -0.272. The number of anilines is 5. The molecule has 0 saturated heterocycles. The number of nitriles is 2. The van der Waals surface area contributed by atoms with Crippen LogP contribution in [0.3, 0.4) is 0 Å². The van der Waals surface area contributed by atoms with Crippen LogP contribution in [0.25, 0.3) is 16.1 Å². The zero-order valence-corrected chi connectivity index (χ0v) is 51.0. The van der Waals surface area contributed by atoms with Crippen LogP contribution in [0.2, 0.25) is 5.02 Å². The fourth-order valence-electron chi connectivity index (χ4n) is 7.05. The lowest BCUT2D eigenvalue weighted by Gasteiger charge is -2.13. The number of amides is 2. The zero-order chi connectivity index (χ0) is 60.5. The number of thioether (sulfide) groups is 3. The fraction of sp³-hybridized carbons (Fsp3) is 0.161. The molecular weight excluding hydrogens is 1210 g/mol. The van der Waals surface area contributed by atoms with Gasteiger partial charge in [0.1, 0.15) is 16.7 Å². The summed E-state index contributed by atoms with van der Waals surface area (Å²) in [4.78, 5) is 39.3. The molecule has 8 aromatic rings. The van der Waals surface area contributed by atoms with Crippen molar-refractivity contribution in [3.05, 3.63) is 239 Å². The van der Waals surface area contributed by atoms with E-state index in [9.17, 15) is 18.4 Å². The molecule has 426 valence electrons. The van der Waals surface area contributed by atoms with E-state index in [0.29, 0.717) is 66.1 Å². The summed E-state index contributed by atoms with van der Waals surface area (Å²) < 4.78 is 31.7. The Morgan fingerprint density at radius 2 is 1.33 bits per heavy atom. The normalized spacial score (nSPS) is 12.1. The van der Waals surface area contributed by atoms with Crippen molar-refractivity contribution in [3.63, 3.8) is 0 Å². The molecule has 0 spiro atoms. The number of para-hydroxylation sites is 1. The number of carbonyl (C=O) groups excluding carboxylic acids is 2. The molecule has 1 aliphatic rings. The average molecular weight is 1260 g/mol. The molecular formula is C62H54BrClF2N12O3S3. The highest BCUT2D eigenvalue weighted by Gasteiger charge is 2.21. The predicted molar refractivity (Wildman–Crippen MR) is 340 cm³/mol. The quantitative estimate of drug-likeness (QED) is 0.0555. The number of nitrogens with zero attached hydrogens (tertiary/aromatic N) is 8. The van der Waals surface area contributed by atoms with Crippen molar-refractivity contribution in [1.29, 1.82) is 10.5 Å². The lowest BCUT2D eigenvalue weighted by atomic mass is 10.1. The molecule has 3 heterocycles. The Kier molecular flexibility index (Phi) is 25.3. The number of aromatic nitrogens is 4. The molecule has 1 aliphatic heterocycles. The van der Waals surface area contributed by atoms with Crippen LogP contribution in [-0.2, 0) is 21.1 Å². The number of hydrogen-bond donors (Lipinski definition) is 4. The number of benzene rings is 6. The molecule has 0 radical (unpaired) electrons. The zero-order valence-electron chi connectivity index (χ0n) is 46.2. The Bertz CT molecular complexity index is 3880. The summed E-state index contributed by atoms with van der Waals surface area (Å²) in [7, 11) is 0. The van der Waals surface area contributed by atoms with E-state index in [-0.39, 0.29) is 35.6 Å². The average Bonchev–Trinajstić information content (AvgIpc) is 4.09. The summed E-state index contributed by atoms with van der Waals surface area (Å²) in [5.74, 6) is 1.01. The number of allylic oxidation sites excluding steroid dienone is 2. The van der Waals surface area contributed by atoms with Gasteiger partial charge in [-0.25, -0.2) is 33.2 Å². The Morgan fingerprint density at radius 1 is 0.714 bits per heavy atom. The Balaban J connectivity index is 0.000000180. The molecule has 0 unspecified atom stereocenters. The van der Waals surface area contributed by atoms with Crippen molar-refractivity contribution >= 4 is 120 Å². The highest BCUT2D eigenvalue weighted by molar-refractivity contribution is 9.10. The first-order valence-electron chi connectivity index (χ1n) is 25.4. The Morgan fingerprint density at radius 3 is 1.98 bits per heavy atom. The predicted octanol–water partition coefficient (Wildman–Crippen LogP) is 16.8. The van der Waals surface area contributed by atoms with Gasteiger partial charge in [-0.2, -0.15) is 10.5 Å². The van der Waals surface area contributed by atoms with Gasteiger partial charge in [0.25, 0.3) is 0 Å². The van der Waals surface area contributed by atoms with Crippen LogP contribution in [-0.4, -0.2) is 42.9 Å². The van der Waals surface area contributed by atoms with E-state index < -0.39 is 0 Å². The van der Waals surface area contributed by atoms with E-state index in [2.05, 4.69) is 84.1 Å². The van der Waals surface area contributed by atoms with Crippen molar-refractivity contribution in [2.45, 2.75) is 59.5 Å². The van der Waals surface area contributed by atoms with Gasteiger partial charge < -0.3 is 21.3 Å². The number of nitrogens with one attached hydrogen (secondary N) is 4. The molecule has 4 N–H and O–H groups in total. The van der Waals surface area contributed by atoms with Gasteiger partial charge in [0.2, 0.25) is 28.8 Å². The number of hydrogen-bond acceptors (Lipinski definition) is 15. The maximum Gasteiger partial charge on any atom is 0.248 e. The number of carbonyl (C=O) groups is 2. The van der Waals surface area contributed by atoms with Crippen LogP contribution in [0.15, 0.2) is 192 Å². The van der Waals surface area contributed by atoms with Crippen LogP contribution in [0.5, 0.6) is 0 Å². The second-order valence-corrected chi connectivity index (χ2v) is 22.5. The third kappa shape index (κ3) is 21.0. The van der Waals surface area contributed by atoms with Crippen molar-refractivity contribution in [1.82, 2.24) is 20.3 Å². The number of halogens is 4. The van der Waals surface area contributed by atoms with Crippen LogP contribution in [0, 0.1) is 61.6 Å². The lowest BCUT2D eigenvalue weighted by molar-refractivity contribution is -0.117. The Labute approximate surface area is 512 Å². The van der Waals surface area contributed by atoms with E-state index in [1.54, 1.807) is 45.0 Å². The van der Waals surface area contributed by atoms with Crippen LogP contribution in [0.1, 0.15) is 55.1 Å². The molecule has 0 bridgehead atoms. The van der Waals surface area contributed by atoms with Crippen molar-refractivity contribution in [3.8, 4) is 12.1 Å². The van der Waals surface area contributed by atoms with Crippen molar-refractivity contribution in [2.24, 2.45) is 4.99 Å². The molecule has 9 rings (SSSR count). The Hall–Kier alpha value is -8.62. The first-order valence-corrected chi connectivity index (χ1v) is 29.5. The van der Waals surface area contributed by atoms with Gasteiger partial charge in [0.05, 0.1) is 62.1 Å². The van der Waals surface area contributed by atoms with Crippen LogP contribution < -0.4 is 21.3 Å². The van der Waals surface area contributed by atoms with Gasteiger partial charge in [-0.3, -0.25) is 9.59 Å². The summed E-state index contributed by atoms with van der Waals surface area (Å²) in [5.41, 5.74) is 11.3. The molecule has 0 fully saturated rings. The first-order chi connectivity index (χ1) is 40.4. The summed E-state index contributed by atoms with van der Waals surface area (Å²) in [6, 6.07) is 47.7. The van der Waals surface area contributed by atoms with Crippen molar-refractivity contribution in [2.75, 3.05) is 27.0 Å². The number of rotatable bonds is 15. The topological polar surface area (TPSA) is 211 Å². The first kappa shape index (κ1) is 64.5. The molecule has 22 heteroatoms. The van der Waals surface area contributed by atoms with Crippen molar-refractivity contribution < 1.29 is 23.0 Å². The standard InChI is InChI=1S/C17H14BrFN2S.C17H14ClFN2S.C16H15N3O2S.C12H11N5O/c1-12(10-20)17(21-16-8-4-14(18)5-9-16)22-11-13-2-6-15(19)7-3-13;1-12(10-20)17(21-16-8-3-2-7-15(16)18)22-11-13-5-4-6-14(19)9-13;1-10-4-6-12(7-5-10)18-14(21)9-22-16-15(17-3)11(2)8-13(20)19-16;1-7-4-3-5-9(6-7)14-10-8(2)13-11-12(15-10)17-18-16-11/h2*2-9,21H,11H2,1H3;4-7H,8-9H2,1-2H3,(H,18,21);3-6H,1-2H3,(H,14,15,17)/b2*17-12-;;. The van der Waals surface area contributed by atoms with E-state index in [1.165, 1.54) is 53.4 Å². The number of dihydropyridines is 1. The molecule has 6 aromatic carbocycles. The third-order valence-corrected chi connectivity index (χ3v) is 15.6. The van der Waals surface area contributed by atoms with Gasteiger partial charge in [-0.15, -0.1) is 35.3 Å². The molecule has 0 atom stereocenters. The second kappa shape index (κ2) is 32.9. The minimum absolute atomic E-state index is 0.103. The van der Waals surface area contributed by atoms with Gasteiger partial charge >= 0.3 is 0 Å². The summed E-state index contributed by atoms with van der Waals surface area (Å²) >= 11 is 13.6.